The van der Waals surface area contributed by atoms with Crippen molar-refractivity contribution in [2.45, 2.75) is 12.8 Å². The lowest BCUT2D eigenvalue weighted by Crippen LogP contribution is -2.22. The van der Waals surface area contributed by atoms with Gasteiger partial charge in [-0.15, -0.1) is 0 Å². The Bertz CT molecular complexity index is 570. The van der Waals surface area contributed by atoms with Crippen LogP contribution in [0, 0.1) is 0 Å². The van der Waals surface area contributed by atoms with Crippen LogP contribution in [-0.2, 0) is 0 Å². The smallest absolute Gasteiger partial charge is 0.301 e. The van der Waals surface area contributed by atoms with Gasteiger partial charge in [0.15, 0.2) is 0 Å². The molecular weight excluding hydrogens is 204 g/mol. The summed E-state index contributed by atoms with van der Waals surface area (Å²) in [5.41, 5.74) is 0.410. The topological polar surface area (TPSA) is 46.3 Å². The van der Waals surface area contributed by atoms with Crippen LogP contribution in [0.3, 0.4) is 0 Å². The van der Waals surface area contributed by atoms with E-state index in [9.17, 15) is 4.79 Å². The Morgan fingerprint density at radius 2 is 1.94 bits per heavy atom. The van der Waals surface area contributed by atoms with Crippen LogP contribution >= 0.6 is 0 Å². The highest BCUT2D eigenvalue weighted by atomic mass is 16.4. The summed E-state index contributed by atoms with van der Waals surface area (Å²) in [4.78, 5) is 17.8. The molecule has 0 aliphatic carbocycles. The Morgan fingerprint density at radius 3 is 2.75 bits per heavy atom. The summed E-state index contributed by atoms with van der Waals surface area (Å²) >= 11 is 0. The number of rotatable bonds is 1. The molecule has 16 heavy (non-hydrogen) atoms. The minimum Gasteiger partial charge on any atom is -0.425 e. The maximum Gasteiger partial charge on any atom is 0.301 e. The van der Waals surface area contributed by atoms with Crippen LogP contribution in [0.15, 0.2) is 33.5 Å². The molecule has 0 amide bonds. The number of anilines is 1. The number of hydrogen-bond acceptors (Lipinski definition) is 4. The van der Waals surface area contributed by atoms with Gasteiger partial charge in [-0.05, 0) is 25.0 Å². The third kappa shape index (κ3) is 1.46. The average Bonchev–Trinajstić information content (AvgIpc) is 2.82. The lowest BCUT2D eigenvalue weighted by atomic mass is 10.2. The number of para-hydroxylation sites is 1. The molecule has 0 radical (unpaired) electrons. The van der Waals surface area contributed by atoms with Gasteiger partial charge in [-0.25, -0.2) is 0 Å². The largest absolute Gasteiger partial charge is 0.425 e. The van der Waals surface area contributed by atoms with Crippen LogP contribution in [0.2, 0.25) is 0 Å². The van der Waals surface area contributed by atoms with E-state index in [2.05, 4.69) is 4.98 Å². The van der Waals surface area contributed by atoms with Crippen LogP contribution in [0.25, 0.3) is 11.0 Å². The Labute approximate surface area is 92.5 Å². The highest BCUT2D eigenvalue weighted by molar-refractivity contribution is 5.75. The molecule has 0 unspecified atom stereocenters. The monoisotopic (exact) mass is 216 g/mol. The Morgan fingerprint density at radius 1 is 1.19 bits per heavy atom. The molecule has 1 aliphatic rings. The first-order chi connectivity index (χ1) is 7.84. The van der Waals surface area contributed by atoms with E-state index in [4.69, 9.17) is 4.42 Å². The first-order valence-electron chi connectivity index (χ1n) is 5.49. The predicted molar refractivity (Wildman–Crippen MR) is 61.7 cm³/mol. The molecule has 0 bridgehead atoms. The molecule has 4 heteroatoms. The molecule has 2 aromatic rings. The van der Waals surface area contributed by atoms with E-state index < -0.39 is 0 Å². The second-order valence-electron chi connectivity index (χ2n) is 3.99. The van der Waals surface area contributed by atoms with Crippen LogP contribution in [-0.4, -0.2) is 18.1 Å². The van der Waals surface area contributed by atoms with E-state index in [0.29, 0.717) is 17.0 Å². The van der Waals surface area contributed by atoms with E-state index in [0.717, 1.165) is 25.9 Å². The fourth-order valence-corrected chi connectivity index (χ4v) is 2.04. The summed E-state index contributed by atoms with van der Waals surface area (Å²) in [5, 5.41) is 0.547. The summed E-state index contributed by atoms with van der Waals surface area (Å²) < 4.78 is 5.64. The van der Waals surface area contributed by atoms with Crippen LogP contribution in [0.1, 0.15) is 12.8 Å². The van der Waals surface area contributed by atoms with Crippen molar-refractivity contribution in [2.24, 2.45) is 0 Å². The summed E-state index contributed by atoms with van der Waals surface area (Å²) in [6.07, 6.45) is 2.27. The zero-order valence-corrected chi connectivity index (χ0v) is 8.85. The second-order valence-corrected chi connectivity index (χ2v) is 3.99. The average molecular weight is 216 g/mol. The van der Waals surface area contributed by atoms with Gasteiger partial charge in [0.25, 0.3) is 5.56 Å². The SMILES string of the molecule is O=c1nc(N2CCCC2)oc2ccccc12. The minimum atomic E-state index is -0.205. The molecule has 1 fully saturated rings. The third-order valence-corrected chi connectivity index (χ3v) is 2.89. The van der Waals surface area contributed by atoms with Crippen LogP contribution in [0.5, 0.6) is 0 Å². The van der Waals surface area contributed by atoms with Gasteiger partial charge in [-0.3, -0.25) is 4.79 Å². The third-order valence-electron chi connectivity index (χ3n) is 2.89. The first-order valence-corrected chi connectivity index (χ1v) is 5.49. The van der Waals surface area contributed by atoms with Crippen molar-refractivity contribution in [3.05, 3.63) is 34.6 Å². The Kier molecular flexibility index (Phi) is 2.13. The van der Waals surface area contributed by atoms with Crippen molar-refractivity contribution in [2.75, 3.05) is 18.0 Å². The lowest BCUT2D eigenvalue weighted by molar-refractivity contribution is 0.562. The molecule has 2 heterocycles. The molecule has 1 saturated heterocycles. The number of fused-ring (bicyclic) bond motifs is 1. The maximum atomic E-state index is 11.8. The van der Waals surface area contributed by atoms with E-state index in [1.165, 1.54) is 0 Å². The standard InChI is InChI=1S/C12H12N2O2/c15-11-9-5-1-2-6-10(9)16-12(13-11)14-7-3-4-8-14/h1-2,5-6H,3-4,7-8H2. The van der Waals surface area contributed by atoms with Gasteiger partial charge in [0.05, 0.1) is 5.39 Å². The fraction of sp³-hybridized carbons (Fsp3) is 0.333. The zero-order chi connectivity index (χ0) is 11.0. The van der Waals surface area contributed by atoms with Crippen molar-refractivity contribution in [3.8, 4) is 0 Å². The zero-order valence-electron chi connectivity index (χ0n) is 8.85. The fourth-order valence-electron chi connectivity index (χ4n) is 2.04. The van der Waals surface area contributed by atoms with Crippen LogP contribution < -0.4 is 10.5 Å². The number of benzene rings is 1. The molecule has 4 nitrogen and oxygen atoms in total. The van der Waals surface area contributed by atoms with Gasteiger partial charge in [0.2, 0.25) is 0 Å². The molecule has 0 atom stereocenters. The predicted octanol–water partition coefficient (Wildman–Crippen LogP) is 1.79. The first kappa shape index (κ1) is 9.39. The Hall–Kier alpha value is -1.84. The molecule has 82 valence electrons. The normalized spacial score (nSPS) is 15.9. The van der Waals surface area contributed by atoms with E-state index in [1.807, 2.05) is 17.0 Å². The number of aromatic nitrogens is 1. The summed E-state index contributed by atoms with van der Waals surface area (Å²) in [6.45, 7) is 1.85. The molecule has 1 aromatic heterocycles. The highest BCUT2D eigenvalue weighted by Gasteiger charge is 2.17. The quantitative estimate of drug-likeness (QED) is 0.729. The number of hydrogen-bond donors (Lipinski definition) is 0. The summed E-state index contributed by atoms with van der Waals surface area (Å²) in [6, 6.07) is 7.68. The molecule has 1 aromatic carbocycles. The molecule has 0 spiro atoms. The highest BCUT2D eigenvalue weighted by Crippen LogP contribution is 2.19. The van der Waals surface area contributed by atoms with Gasteiger partial charge < -0.3 is 9.32 Å². The summed E-state index contributed by atoms with van der Waals surface area (Å²) in [7, 11) is 0. The summed E-state index contributed by atoms with van der Waals surface area (Å²) in [5.74, 6) is 0. The number of nitrogens with zero attached hydrogens (tertiary/aromatic N) is 2. The molecular formula is C12H12N2O2. The van der Waals surface area contributed by atoms with Gasteiger partial charge in [-0.2, -0.15) is 4.98 Å². The van der Waals surface area contributed by atoms with Gasteiger partial charge in [0.1, 0.15) is 5.58 Å². The lowest BCUT2D eigenvalue weighted by Gasteiger charge is -2.13. The maximum absolute atomic E-state index is 11.8. The molecule has 0 N–H and O–H groups in total. The van der Waals surface area contributed by atoms with E-state index >= 15 is 0 Å². The Balaban J connectivity index is 2.17. The van der Waals surface area contributed by atoms with Crippen molar-refractivity contribution < 1.29 is 4.42 Å². The van der Waals surface area contributed by atoms with E-state index in [-0.39, 0.29) is 5.56 Å². The van der Waals surface area contributed by atoms with Crippen molar-refractivity contribution >= 4 is 17.0 Å². The van der Waals surface area contributed by atoms with Gasteiger partial charge in [-0.1, -0.05) is 12.1 Å². The van der Waals surface area contributed by atoms with Gasteiger partial charge in [0, 0.05) is 13.1 Å². The molecule has 0 saturated carbocycles. The van der Waals surface area contributed by atoms with E-state index in [1.54, 1.807) is 12.1 Å². The van der Waals surface area contributed by atoms with Crippen LogP contribution in [0.4, 0.5) is 6.01 Å². The van der Waals surface area contributed by atoms with Crippen molar-refractivity contribution in [1.82, 2.24) is 4.98 Å². The van der Waals surface area contributed by atoms with Crippen molar-refractivity contribution in [1.29, 1.82) is 0 Å². The molecule has 3 rings (SSSR count). The second kappa shape index (κ2) is 3.63. The molecule has 1 aliphatic heterocycles. The minimum absolute atomic E-state index is 0.205. The van der Waals surface area contributed by atoms with Gasteiger partial charge >= 0.3 is 6.01 Å². The van der Waals surface area contributed by atoms with Crippen molar-refractivity contribution in [3.63, 3.8) is 0 Å².